The summed E-state index contributed by atoms with van der Waals surface area (Å²) in [6.07, 6.45) is 8.82. The zero-order valence-electron chi connectivity index (χ0n) is 16.7. The molecule has 3 heterocycles. The number of aromatic nitrogens is 1. The lowest BCUT2D eigenvalue weighted by molar-refractivity contribution is 0.560. The summed E-state index contributed by atoms with van der Waals surface area (Å²) in [5.74, 6) is 1.86. The number of thioether (sulfide) groups is 1. The monoisotopic (exact) mass is 393 g/mol. The number of amidine groups is 1. The van der Waals surface area contributed by atoms with Crippen molar-refractivity contribution in [3.63, 3.8) is 0 Å². The van der Waals surface area contributed by atoms with Crippen molar-refractivity contribution in [1.82, 2.24) is 9.88 Å². The second-order valence-electron chi connectivity index (χ2n) is 6.56. The Hall–Kier alpha value is -2.60. The van der Waals surface area contributed by atoms with Crippen LogP contribution in [0, 0.1) is 0 Å². The van der Waals surface area contributed by atoms with E-state index in [1.165, 1.54) is 11.3 Å². The number of hydrogen-bond acceptors (Lipinski definition) is 6. The number of rotatable bonds is 7. The van der Waals surface area contributed by atoms with Gasteiger partial charge < -0.3 is 10.2 Å². The number of hydrogen-bond donors (Lipinski definition) is 1. The van der Waals surface area contributed by atoms with E-state index < -0.39 is 0 Å². The van der Waals surface area contributed by atoms with Crippen LogP contribution in [0.4, 0.5) is 5.82 Å². The van der Waals surface area contributed by atoms with E-state index >= 15 is 0 Å². The summed E-state index contributed by atoms with van der Waals surface area (Å²) in [7, 11) is 1.84. The summed E-state index contributed by atoms with van der Waals surface area (Å²) in [6, 6.07) is 6.18. The van der Waals surface area contributed by atoms with Gasteiger partial charge in [-0.1, -0.05) is 36.6 Å². The molecule has 1 atom stereocenters. The molecule has 0 saturated carbocycles. The number of nitrogens with one attached hydrogen (secondary N) is 1. The molecule has 1 fully saturated rings. The maximum absolute atomic E-state index is 4.87. The lowest BCUT2D eigenvalue weighted by Crippen LogP contribution is -2.35. The molecule has 1 saturated heterocycles. The zero-order valence-corrected chi connectivity index (χ0v) is 17.5. The lowest BCUT2D eigenvalue weighted by Gasteiger charge is -2.29. The van der Waals surface area contributed by atoms with Crippen molar-refractivity contribution in [2.75, 3.05) is 25.5 Å². The molecule has 0 radical (unpaired) electrons. The van der Waals surface area contributed by atoms with Gasteiger partial charge in [-0.05, 0) is 37.5 Å². The smallest absolute Gasteiger partial charge is 0.141 e. The van der Waals surface area contributed by atoms with Gasteiger partial charge in [-0.25, -0.2) is 4.98 Å². The van der Waals surface area contributed by atoms with Gasteiger partial charge in [-0.2, -0.15) is 0 Å². The highest BCUT2D eigenvalue weighted by Crippen LogP contribution is 2.34. The molecule has 1 N–H and O–H groups in total. The normalized spacial score (nSPS) is 20.1. The molecule has 5 nitrogen and oxygen atoms in total. The van der Waals surface area contributed by atoms with Gasteiger partial charge in [0.2, 0.25) is 0 Å². The van der Waals surface area contributed by atoms with E-state index in [-0.39, 0.29) is 6.04 Å². The van der Waals surface area contributed by atoms with E-state index in [2.05, 4.69) is 32.8 Å². The molecule has 3 rings (SSSR count). The summed E-state index contributed by atoms with van der Waals surface area (Å²) < 4.78 is 0. The molecule has 0 aliphatic carbocycles. The predicted octanol–water partition coefficient (Wildman–Crippen LogP) is 4.66. The van der Waals surface area contributed by atoms with Crippen LogP contribution in [0.3, 0.4) is 0 Å². The van der Waals surface area contributed by atoms with Crippen LogP contribution in [0.5, 0.6) is 0 Å². The van der Waals surface area contributed by atoms with E-state index in [1.54, 1.807) is 11.8 Å². The van der Waals surface area contributed by atoms with Crippen LogP contribution < -0.4 is 5.32 Å². The Morgan fingerprint density at radius 1 is 1.36 bits per heavy atom. The van der Waals surface area contributed by atoms with Crippen LogP contribution >= 0.6 is 11.8 Å². The highest BCUT2D eigenvalue weighted by molar-refractivity contribution is 8.06. The average molecular weight is 394 g/mol. The zero-order chi connectivity index (χ0) is 19.9. The minimum atomic E-state index is 0.256. The third kappa shape index (κ3) is 4.44. The third-order valence-electron chi connectivity index (χ3n) is 4.65. The lowest BCUT2D eigenvalue weighted by atomic mass is 10.0. The highest BCUT2D eigenvalue weighted by Gasteiger charge is 2.35. The van der Waals surface area contributed by atoms with Gasteiger partial charge in [0.15, 0.2) is 0 Å². The second-order valence-corrected chi connectivity index (χ2v) is 7.56. The fourth-order valence-corrected chi connectivity index (χ4v) is 4.04. The van der Waals surface area contributed by atoms with E-state index in [0.717, 1.165) is 35.2 Å². The third-order valence-corrected chi connectivity index (χ3v) is 5.52. The van der Waals surface area contributed by atoms with Crippen LogP contribution in [-0.4, -0.2) is 47.6 Å². The topological polar surface area (TPSA) is 52.9 Å². The molecule has 1 aromatic rings. The number of aliphatic imine (C=N–C) groups is 2. The van der Waals surface area contributed by atoms with Gasteiger partial charge >= 0.3 is 0 Å². The molecule has 6 heteroatoms. The highest BCUT2D eigenvalue weighted by atomic mass is 32.2. The Morgan fingerprint density at radius 3 is 2.89 bits per heavy atom. The Balaban J connectivity index is 1.90. The molecule has 0 amide bonds. The van der Waals surface area contributed by atoms with Crippen molar-refractivity contribution in [2.24, 2.45) is 9.98 Å². The van der Waals surface area contributed by atoms with Gasteiger partial charge in [-0.3, -0.25) is 9.98 Å². The van der Waals surface area contributed by atoms with E-state index in [0.29, 0.717) is 6.54 Å². The number of pyridine rings is 1. The van der Waals surface area contributed by atoms with Crippen LogP contribution in [0.1, 0.15) is 20.3 Å². The fourth-order valence-electron chi connectivity index (χ4n) is 3.46. The summed E-state index contributed by atoms with van der Waals surface area (Å²) in [4.78, 5) is 17.0. The predicted molar refractivity (Wildman–Crippen MR) is 122 cm³/mol. The minimum Gasteiger partial charge on any atom is -0.365 e. The quantitative estimate of drug-likeness (QED) is 0.685. The van der Waals surface area contributed by atoms with Gasteiger partial charge in [0, 0.05) is 42.4 Å². The van der Waals surface area contributed by atoms with Crippen molar-refractivity contribution in [1.29, 1.82) is 0 Å². The first-order valence-electron chi connectivity index (χ1n) is 9.46. The molecule has 2 aliphatic heterocycles. The van der Waals surface area contributed by atoms with Gasteiger partial charge in [0.1, 0.15) is 11.7 Å². The van der Waals surface area contributed by atoms with Crippen molar-refractivity contribution >= 4 is 29.1 Å². The largest absolute Gasteiger partial charge is 0.365 e. The maximum Gasteiger partial charge on any atom is 0.141 e. The van der Waals surface area contributed by atoms with Gasteiger partial charge in [0.25, 0.3) is 0 Å². The first kappa shape index (κ1) is 20.1. The summed E-state index contributed by atoms with van der Waals surface area (Å²) in [5, 5.41) is 5.60. The Morgan fingerprint density at radius 2 is 2.21 bits per heavy atom. The molecule has 0 aromatic carbocycles. The molecule has 0 spiro atoms. The van der Waals surface area contributed by atoms with Gasteiger partial charge in [0.05, 0.1) is 18.3 Å². The number of anilines is 1. The fraction of sp³-hybridized carbons (Fsp3) is 0.318. The van der Waals surface area contributed by atoms with Crippen molar-refractivity contribution in [2.45, 2.75) is 26.3 Å². The summed E-state index contributed by atoms with van der Waals surface area (Å²) in [5.41, 5.74) is 3.47. The second kappa shape index (κ2) is 9.55. The standard InChI is InChI=1S/C22H27N5S/c1-5-9-19(23-4)18-14-25-22(16(3)28-12-6-2)27-15-17(13-20(18)27)26-21-10-7-8-11-24-21/h5-12,17H,3,13-15H2,1-2,4H3,(H,24,26)/b9-5-,12-6-,23-19?. The SMILES string of the molecule is C=C(S/C=C\C)C1=NCC(C(/C=C\C)=NC)=C2CC(Nc3ccccn3)CN12. The van der Waals surface area contributed by atoms with Crippen LogP contribution in [0.25, 0.3) is 0 Å². The molecule has 1 aromatic heterocycles. The Bertz CT molecular complexity index is 864. The number of fused-ring (bicyclic) bond motifs is 1. The number of nitrogens with zero attached hydrogens (tertiary/aromatic N) is 4. The Kier molecular flexibility index (Phi) is 6.87. The van der Waals surface area contributed by atoms with Crippen LogP contribution in [0.15, 0.2) is 80.8 Å². The van der Waals surface area contributed by atoms with Crippen molar-refractivity contribution in [3.8, 4) is 0 Å². The molecule has 146 valence electrons. The maximum atomic E-state index is 4.87. The molecule has 2 aliphatic rings. The molecule has 1 unspecified atom stereocenters. The molecule has 0 bridgehead atoms. The van der Waals surface area contributed by atoms with Crippen molar-refractivity contribution < 1.29 is 0 Å². The van der Waals surface area contributed by atoms with Gasteiger partial charge in [-0.15, -0.1) is 0 Å². The molecule has 28 heavy (non-hydrogen) atoms. The molecular formula is C22H27N5S. The van der Waals surface area contributed by atoms with Crippen molar-refractivity contribution in [3.05, 3.63) is 70.8 Å². The van der Waals surface area contributed by atoms with E-state index in [9.17, 15) is 0 Å². The van der Waals surface area contributed by atoms with E-state index in [1.807, 2.05) is 62.9 Å². The summed E-state index contributed by atoms with van der Waals surface area (Å²) >= 11 is 1.62. The van der Waals surface area contributed by atoms with Crippen LogP contribution in [0.2, 0.25) is 0 Å². The Labute approximate surface area is 171 Å². The molecular weight excluding hydrogens is 366 g/mol. The number of allylic oxidation sites excluding steroid dienone is 3. The average Bonchev–Trinajstić information content (AvgIpc) is 3.14. The minimum absolute atomic E-state index is 0.256. The van der Waals surface area contributed by atoms with E-state index in [4.69, 9.17) is 4.99 Å². The summed E-state index contributed by atoms with van der Waals surface area (Å²) in [6.45, 7) is 9.74. The first-order valence-corrected chi connectivity index (χ1v) is 10.3. The van der Waals surface area contributed by atoms with Crippen LogP contribution in [-0.2, 0) is 0 Å². The first-order chi connectivity index (χ1) is 13.7.